The minimum atomic E-state index is 0.0201. The molecule has 0 radical (unpaired) electrons. The van der Waals surface area contributed by atoms with Gasteiger partial charge in [-0.05, 0) is 30.5 Å². The molecule has 0 heterocycles. The number of benzene rings is 1. The lowest BCUT2D eigenvalue weighted by Crippen LogP contribution is -2.25. The Hall–Kier alpha value is -1.26. The van der Waals surface area contributed by atoms with E-state index in [1.165, 1.54) is 0 Å². The van der Waals surface area contributed by atoms with Gasteiger partial charge in [-0.1, -0.05) is 20.8 Å². The fraction of sp³-hybridized carbons (Fsp3) is 0.647. The van der Waals surface area contributed by atoms with Gasteiger partial charge in [0, 0.05) is 25.3 Å². The van der Waals surface area contributed by atoms with Crippen molar-refractivity contribution in [3.8, 4) is 11.5 Å². The molecule has 0 saturated heterocycles. The first-order valence-electron chi connectivity index (χ1n) is 7.58. The van der Waals surface area contributed by atoms with Gasteiger partial charge >= 0.3 is 0 Å². The van der Waals surface area contributed by atoms with Crippen LogP contribution in [-0.2, 0) is 10.2 Å². The topological polar surface area (TPSA) is 39.7 Å². The molecule has 0 fully saturated rings. The van der Waals surface area contributed by atoms with Gasteiger partial charge in [-0.25, -0.2) is 0 Å². The Kier molecular flexibility index (Phi) is 7.54. The summed E-state index contributed by atoms with van der Waals surface area (Å²) in [6.45, 7) is 12.3. The monoisotopic (exact) mass is 295 g/mol. The molecule has 21 heavy (non-hydrogen) atoms. The van der Waals surface area contributed by atoms with E-state index >= 15 is 0 Å². The van der Waals surface area contributed by atoms with Gasteiger partial charge in [0.2, 0.25) is 0 Å². The van der Waals surface area contributed by atoms with Crippen LogP contribution in [0.4, 0.5) is 0 Å². The zero-order chi connectivity index (χ0) is 15.7. The van der Waals surface area contributed by atoms with Crippen LogP contribution < -0.4 is 14.8 Å². The summed E-state index contributed by atoms with van der Waals surface area (Å²) in [5, 5.41) is 3.30. The van der Waals surface area contributed by atoms with Crippen LogP contribution in [-0.4, -0.2) is 40.0 Å². The SMILES string of the molecule is CCOCCNCCOc1ccc(OC)cc1C(C)(C)C. The van der Waals surface area contributed by atoms with Crippen LogP contribution >= 0.6 is 0 Å². The summed E-state index contributed by atoms with van der Waals surface area (Å²) in [6, 6.07) is 5.98. The van der Waals surface area contributed by atoms with Crippen molar-refractivity contribution >= 4 is 0 Å². The van der Waals surface area contributed by atoms with Crippen LogP contribution in [0, 0.1) is 0 Å². The predicted octanol–water partition coefficient (Wildman–Crippen LogP) is 3.00. The Morgan fingerprint density at radius 1 is 1.10 bits per heavy atom. The molecule has 120 valence electrons. The molecule has 0 bridgehead atoms. The molecule has 1 aromatic carbocycles. The Morgan fingerprint density at radius 3 is 2.43 bits per heavy atom. The molecule has 0 unspecified atom stereocenters. The van der Waals surface area contributed by atoms with E-state index < -0.39 is 0 Å². The standard InChI is InChI=1S/C17H29NO3/c1-6-20-11-9-18-10-12-21-16-8-7-14(19-5)13-15(16)17(2,3)4/h7-8,13,18H,6,9-12H2,1-5H3. The van der Waals surface area contributed by atoms with Gasteiger partial charge in [-0.15, -0.1) is 0 Å². The third kappa shape index (κ3) is 6.36. The van der Waals surface area contributed by atoms with Crippen molar-refractivity contribution in [2.45, 2.75) is 33.1 Å². The minimum Gasteiger partial charge on any atom is -0.497 e. The second kappa shape index (κ2) is 8.90. The fourth-order valence-electron chi connectivity index (χ4n) is 1.99. The quantitative estimate of drug-likeness (QED) is 0.711. The summed E-state index contributed by atoms with van der Waals surface area (Å²) in [7, 11) is 1.69. The molecule has 0 aliphatic rings. The lowest BCUT2D eigenvalue weighted by atomic mass is 9.86. The molecule has 1 rings (SSSR count). The number of hydrogen-bond donors (Lipinski definition) is 1. The van der Waals surface area contributed by atoms with Gasteiger partial charge in [0.25, 0.3) is 0 Å². The second-order valence-corrected chi connectivity index (χ2v) is 5.91. The molecule has 0 aliphatic heterocycles. The third-order valence-corrected chi connectivity index (χ3v) is 3.16. The molecule has 0 amide bonds. The summed E-state index contributed by atoms with van der Waals surface area (Å²) in [4.78, 5) is 0. The summed E-state index contributed by atoms with van der Waals surface area (Å²) in [6.07, 6.45) is 0. The highest BCUT2D eigenvalue weighted by Crippen LogP contribution is 2.34. The Labute approximate surface area is 128 Å². The van der Waals surface area contributed by atoms with Gasteiger partial charge in [0.15, 0.2) is 0 Å². The van der Waals surface area contributed by atoms with E-state index in [9.17, 15) is 0 Å². The van der Waals surface area contributed by atoms with E-state index in [-0.39, 0.29) is 5.41 Å². The smallest absolute Gasteiger partial charge is 0.123 e. The van der Waals surface area contributed by atoms with Crippen LogP contribution in [0.15, 0.2) is 18.2 Å². The molecule has 0 atom stereocenters. The zero-order valence-electron chi connectivity index (χ0n) is 14.0. The van der Waals surface area contributed by atoms with Gasteiger partial charge in [0.1, 0.15) is 18.1 Å². The molecule has 0 spiro atoms. The summed E-state index contributed by atoms with van der Waals surface area (Å²) in [5.74, 6) is 1.79. The summed E-state index contributed by atoms with van der Waals surface area (Å²) < 4.78 is 16.5. The normalized spacial score (nSPS) is 11.5. The molecular formula is C17H29NO3. The van der Waals surface area contributed by atoms with E-state index in [0.717, 1.165) is 43.4 Å². The minimum absolute atomic E-state index is 0.0201. The van der Waals surface area contributed by atoms with E-state index in [0.29, 0.717) is 6.61 Å². The van der Waals surface area contributed by atoms with Gasteiger partial charge in [-0.3, -0.25) is 0 Å². The summed E-state index contributed by atoms with van der Waals surface area (Å²) >= 11 is 0. The lowest BCUT2D eigenvalue weighted by Gasteiger charge is -2.23. The average molecular weight is 295 g/mol. The van der Waals surface area contributed by atoms with Crippen molar-refractivity contribution in [2.75, 3.05) is 40.0 Å². The number of nitrogens with one attached hydrogen (secondary N) is 1. The average Bonchev–Trinajstić information content (AvgIpc) is 2.45. The Balaban J connectivity index is 2.51. The van der Waals surface area contributed by atoms with Crippen molar-refractivity contribution in [1.29, 1.82) is 0 Å². The van der Waals surface area contributed by atoms with E-state index in [4.69, 9.17) is 14.2 Å². The highest BCUT2D eigenvalue weighted by molar-refractivity contribution is 5.44. The first-order chi connectivity index (χ1) is 9.99. The maximum atomic E-state index is 5.91. The van der Waals surface area contributed by atoms with Gasteiger partial charge < -0.3 is 19.5 Å². The van der Waals surface area contributed by atoms with Gasteiger partial charge in [0.05, 0.1) is 13.7 Å². The maximum absolute atomic E-state index is 5.91. The van der Waals surface area contributed by atoms with Crippen LogP contribution in [0.5, 0.6) is 11.5 Å². The molecule has 1 aromatic rings. The van der Waals surface area contributed by atoms with Crippen molar-refractivity contribution < 1.29 is 14.2 Å². The number of hydrogen-bond acceptors (Lipinski definition) is 4. The summed E-state index contributed by atoms with van der Waals surface area (Å²) in [5.41, 5.74) is 1.18. The predicted molar refractivity (Wildman–Crippen MR) is 86.6 cm³/mol. The number of ether oxygens (including phenoxy) is 3. The maximum Gasteiger partial charge on any atom is 0.123 e. The number of rotatable bonds is 9. The van der Waals surface area contributed by atoms with Crippen LogP contribution in [0.3, 0.4) is 0 Å². The van der Waals surface area contributed by atoms with Crippen molar-refractivity contribution in [1.82, 2.24) is 5.32 Å². The lowest BCUT2D eigenvalue weighted by molar-refractivity contribution is 0.148. The molecule has 0 aliphatic carbocycles. The van der Waals surface area contributed by atoms with Crippen molar-refractivity contribution in [2.24, 2.45) is 0 Å². The highest BCUT2D eigenvalue weighted by Gasteiger charge is 2.19. The Bertz CT molecular complexity index is 413. The first kappa shape index (κ1) is 17.8. The van der Waals surface area contributed by atoms with Gasteiger partial charge in [-0.2, -0.15) is 0 Å². The third-order valence-electron chi connectivity index (χ3n) is 3.16. The van der Waals surface area contributed by atoms with E-state index in [2.05, 4.69) is 32.2 Å². The molecule has 0 aromatic heterocycles. The molecule has 1 N–H and O–H groups in total. The Morgan fingerprint density at radius 2 is 1.81 bits per heavy atom. The molecule has 0 saturated carbocycles. The highest BCUT2D eigenvalue weighted by atomic mass is 16.5. The second-order valence-electron chi connectivity index (χ2n) is 5.91. The largest absolute Gasteiger partial charge is 0.497 e. The fourth-order valence-corrected chi connectivity index (χ4v) is 1.99. The number of methoxy groups -OCH3 is 1. The first-order valence-corrected chi connectivity index (χ1v) is 7.58. The van der Waals surface area contributed by atoms with Crippen LogP contribution in [0.25, 0.3) is 0 Å². The molecule has 4 heteroatoms. The van der Waals surface area contributed by atoms with Crippen LogP contribution in [0.1, 0.15) is 33.3 Å². The molecular weight excluding hydrogens is 266 g/mol. The van der Waals surface area contributed by atoms with Crippen molar-refractivity contribution in [3.05, 3.63) is 23.8 Å². The van der Waals surface area contributed by atoms with Crippen LogP contribution in [0.2, 0.25) is 0 Å². The zero-order valence-corrected chi connectivity index (χ0v) is 14.0. The van der Waals surface area contributed by atoms with E-state index in [1.807, 2.05) is 19.1 Å². The van der Waals surface area contributed by atoms with E-state index in [1.54, 1.807) is 7.11 Å². The van der Waals surface area contributed by atoms with Crippen molar-refractivity contribution in [3.63, 3.8) is 0 Å². The molecule has 4 nitrogen and oxygen atoms in total.